The number of morpholine rings is 1. The average molecular weight is 406 g/mol. The molecule has 84 valence electrons. The fourth-order valence-electron chi connectivity index (χ4n) is 0.516. The van der Waals surface area contributed by atoms with Crippen LogP contribution in [0.3, 0.4) is 0 Å². The second kappa shape index (κ2) is 22.7. The van der Waals surface area contributed by atoms with Crippen LogP contribution in [0.4, 0.5) is 0 Å². The number of halogens is 2. The van der Waals surface area contributed by atoms with E-state index < -0.39 is 16.5 Å². The maximum atomic E-state index is 5.01. The number of hydrogen-bond donors (Lipinski definition) is 2. The molecule has 1 fully saturated rings. The van der Waals surface area contributed by atoms with Crippen LogP contribution in [0.25, 0.3) is 0 Å². The van der Waals surface area contributed by atoms with E-state index in [1.807, 2.05) is 0 Å². The molecule has 1 heterocycles. The molecule has 0 radical (unpaired) electrons. The summed E-state index contributed by atoms with van der Waals surface area (Å²) >= 11 is -0.472. The second-order valence-electron chi connectivity index (χ2n) is 1.41. The van der Waals surface area contributed by atoms with Gasteiger partial charge in [-0.1, -0.05) is 0 Å². The summed E-state index contributed by atoms with van der Waals surface area (Å²) in [5.74, 6) is 0. The minimum absolute atomic E-state index is 0. The average Bonchev–Trinajstić information content (AvgIpc) is 1.93. The van der Waals surface area contributed by atoms with E-state index in [1.165, 1.54) is 0 Å². The van der Waals surface area contributed by atoms with Crippen LogP contribution in [-0.4, -0.2) is 37.3 Å². The van der Waals surface area contributed by atoms with Gasteiger partial charge in [0.25, 0.3) is 0 Å². The predicted octanol–water partition coefficient (Wildman–Crippen LogP) is -0.505. The van der Waals surface area contributed by atoms with Crippen molar-refractivity contribution in [3.63, 3.8) is 0 Å². The summed E-state index contributed by atoms with van der Waals surface area (Å²) in [5, 5.41) is 3.16. The summed E-state index contributed by atoms with van der Waals surface area (Å²) in [4.78, 5) is 0. The molecule has 8 heteroatoms. The second-order valence-corrected chi connectivity index (χ2v) is 4.69. The van der Waals surface area contributed by atoms with Gasteiger partial charge >= 0.3 is 35.3 Å². The third-order valence-corrected chi connectivity index (χ3v) is 0.846. The first kappa shape index (κ1) is 23.1. The first-order valence-electron chi connectivity index (χ1n) is 2.52. The van der Waals surface area contributed by atoms with Crippen molar-refractivity contribution in [2.75, 3.05) is 26.3 Å². The molecule has 1 aliphatic heterocycles. The number of ether oxygens (including phenoxy) is 1. The van der Waals surface area contributed by atoms with Gasteiger partial charge in [-0.15, -0.1) is 0 Å². The van der Waals surface area contributed by atoms with Gasteiger partial charge in [-0.3, -0.25) is 0 Å². The standard InChI is InChI=1S/C4H9NO.2ClH.H3N.2H2O.Pt/c1-3-6-4-2-5-1;;;;;;/h5H,1-4H2;2*1H;1H3;2*1H2;/q;;;;;;+2/p-2. The molecule has 0 aromatic heterocycles. The van der Waals surface area contributed by atoms with Crippen molar-refractivity contribution < 1.29 is 32.2 Å². The summed E-state index contributed by atoms with van der Waals surface area (Å²) in [6.07, 6.45) is 0. The van der Waals surface area contributed by atoms with E-state index in [9.17, 15) is 0 Å². The van der Waals surface area contributed by atoms with Gasteiger partial charge in [-0.05, 0) is 0 Å². The number of hydrogen-bond acceptors (Lipinski definition) is 3. The molecule has 1 rings (SSSR count). The van der Waals surface area contributed by atoms with Crippen molar-refractivity contribution in [1.82, 2.24) is 11.5 Å². The van der Waals surface area contributed by atoms with Crippen molar-refractivity contribution in [1.29, 1.82) is 0 Å². The summed E-state index contributed by atoms with van der Waals surface area (Å²) in [5.41, 5.74) is 0. The molecule has 5 nitrogen and oxygen atoms in total. The van der Waals surface area contributed by atoms with Crippen molar-refractivity contribution >= 4 is 18.8 Å². The van der Waals surface area contributed by atoms with Crippen molar-refractivity contribution in [2.45, 2.75) is 0 Å². The first-order valence-corrected chi connectivity index (χ1v) is 8.15. The normalized spacial score (nSPS) is 13.8. The van der Waals surface area contributed by atoms with E-state index >= 15 is 0 Å². The number of nitrogens with one attached hydrogen (secondary N) is 1. The molecule has 0 amide bonds. The Kier molecular flexibility index (Phi) is 43.8. The fraction of sp³-hybridized carbons (Fsp3) is 1.00. The zero-order valence-corrected chi connectivity index (χ0v) is 10.3. The Morgan fingerprint density at radius 2 is 1.42 bits per heavy atom. The summed E-state index contributed by atoms with van der Waals surface area (Å²) in [6.45, 7) is 3.83. The molecule has 0 aromatic carbocycles. The van der Waals surface area contributed by atoms with Crippen LogP contribution >= 0.6 is 18.8 Å². The first-order chi connectivity index (χ1) is 4.41. The molecule has 1 saturated heterocycles. The molecule has 8 N–H and O–H groups in total. The summed E-state index contributed by atoms with van der Waals surface area (Å²) < 4.78 is 5.01. The van der Waals surface area contributed by atoms with Crippen molar-refractivity contribution in [3.05, 3.63) is 0 Å². The van der Waals surface area contributed by atoms with E-state index in [1.54, 1.807) is 0 Å². The molecule has 0 unspecified atom stereocenters. The quantitative estimate of drug-likeness (QED) is 0.564. The Hall–Kier alpha value is 1.07. The van der Waals surface area contributed by atoms with E-state index in [2.05, 4.69) is 5.32 Å². The Labute approximate surface area is 88.7 Å². The van der Waals surface area contributed by atoms with Crippen LogP contribution in [0, 0.1) is 0 Å². The van der Waals surface area contributed by atoms with Gasteiger partial charge in [-0.2, -0.15) is 0 Å². The van der Waals surface area contributed by atoms with Gasteiger partial charge in [0.15, 0.2) is 0 Å². The van der Waals surface area contributed by atoms with Crippen LogP contribution in [0.15, 0.2) is 0 Å². The van der Waals surface area contributed by atoms with Crippen molar-refractivity contribution in [3.8, 4) is 0 Å². The van der Waals surface area contributed by atoms with Crippen LogP contribution in [0.1, 0.15) is 0 Å². The molecule has 0 aromatic rings. The van der Waals surface area contributed by atoms with E-state index in [4.69, 9.17) is 23.6 Å². The Morgan fingerprint density at radius 3 is 1.50 bits per heavy atom. The molecule has 0 spiro atoms. The molecule has 0 atom stereocenters. The van der Waals surface area contributed by atoms with E-state index in [0.29, 0.717) is 0 Å². The molecule has 12 heavy (non-hydrogen) atoms. The zero-order valence-electron chi connectivity index (χ0n) is 6.52. The Morgan fingerprint density at radius 1 is 1.08 bits per heavy atom. The third-order valence-electron chi connectivity index (χ3n) is 0.846. The minimum atomic E-state index is -0.472. The SMILES string of the molecule is C1COCCN1.N.O.O.[Cl][Pt][Cl]. The van der Waals surface area contributed by atoms with Crippen LogP contribution < -0.4 is 11.5 Å². The van der Waals surface area contributed by atoms with Gasteiger partial charge in [0.1, 0.15) is 0 Å². The molecular weight excluding hydrogens is 390 g/mol. The van der Waals surface area contributed by atoms with Gasteiger partial charge in [0, 0.05) is 13.1 Å². The van der Waals surface area contributed by atoms with Gasteiger partial charge in [0.05, 0.1) is 13.2 Å². The molecule has 0 aliphatic carbocycles. The Bertz CT molecular complexity index is 50.1. The molecular formula is C4H16Cl2N2O3Pt. The van der Waals surface area contributed by atoms with Gasteiger partial charge in [-0.25, -0.2) is 0 Å². The predicted molar refractivity (Wildman–Crippen MR) is 47.6 cm³/mol. The molecule has 1 aliphatic rings. The van der Waals surface area contributed by atoms with Crippen LogP contribution in [0.2, 0.25) is 0 Å². The maximum absolute atomic E-state index is 5.01. The van der Waals surface area contributed by atoms with E-state index in [-0.39, 0.29) is 17.1 Å². The molecule has 0 bridgehead atoms. The summed E-state index contributed by atoms with van der Waals surface area (Å²) in [7, 11) is 9.75. The van der Waals surface area contributed by atoms with Crippen LogP contribution in [-0.2, 0) is 21.2 Å². The summed E-state index contributed by atoms with van der Waals surface area (Å²) in [6, 6.07) is 0. The van der Waals surface area contributed by atoms with Crippen LogP contribution in [0.5, 0.6) is 0 Å². The number of rotatable bonds is 0. The zero-order chi connectivity index (χ0) is 6.95. The van der Waals surface area contributed by atoms with E-state index in [0.717, 1.165) is 26.3 Å². The van der Waals surface area contributed by atoms with Gasteiger partial charge in [0.2, 0.25) is 0 Å². The topological polar surface area (TPSA) is 119 Å². The third kappa shape index (κ3) is 22.5. The Balaban J connectivity index is -0.0000000489. The molecule has 0 saturated carbocycles. The van der Waals surface area contributed by atoms with Crippen molar-refractivity contribution in [2.24, 2.45) is 0 Å². The van der Waals surface area contributed by atoms with Gasteiger partial charge < -0.3 is 27.2 Å². The fourth-order valence-corrected chi connectivity index (χ4v) is 0.516. The monoisotopic (exact) mass is 405 g/mol.